The van der Waals surface area contributed by atoms with Crippen LogP contribution in [0.5, 0.6) is 6.01 Å². The number of halogens is 7. The van der Waals surface area contributed by atoms with E-state index in [9.17, 15) is 31.1 Å². The summed E-state index contributed by atoms with van der Waals surface area (Å²) in [6.45, 7) is 9.50. The fourth-order valence-corrected chi connectivity index (χ4v) is 9.17. The number of carboxylic acids is 2. The number of carboxylic acid groups (broad SMARTS) is 2. The lowest BCUT2D eigenvalue weighted by atomic mass is 9.94. The first-order valence-corrected chi connectivity index (χ1v) is 20.7. The highest BCUT2D eigenvalue weighted by atomic mass is 19.4. The van der Waals surface area contributed by atoms with Crippen molar-refractivity contribution in [3.8, 4) is 17.3 Å². The molecule has 4 aliphatic heterocycles. The molecule has 2 N–H and O–H groups in total. The first kappa shape index (κ1) is 45.5. The lowest BCUT2D eigenvalue weighted by Crippen LogP contribution is -2.57. The number of hydrogen-bond donors (Lipinski definition) is 2. The molecule has 1 aliphatic carbocycles. The van der Waals surface area contributed by atoms with Crippen molar-refractivity contribution in [1.82, 2.24) is 24.8 Å². The summed E-state index contributed by atoms with van der Waals surface area (Å²) >= 11 is 0. The van der Waals surface area contributed by atoms with Crippen LogP contribution in [-0.4, -0.2) is 121 Å². The number of alkyl halides is 6. The number of amides is 1. The molecule has 4 aromatic rings. The summed E-state index contributed by atoms with van der Waals surface area (Å²) in [4.78, 5) is 52.3. The summed E-state index contributed by atoms with van der Waals surface area (Å²) in [5.74, 6) is -4.86. The number of fused-ring (bicyclic) bond motifs is 5. The number of rotatable bonds is 6. The smallest absolute Gasteiger partial charge is 0.475 e. The van der Waals surface area contributed by atoms with E-state index >= 15 is 4.39 Å². The Morgan fingerprint density at radius 2 is 1.41 bits per heavy atom. The number of aromatic nitrogens is 3. The fraction of sp³-hybridized carbons (Fsp3) is 0.535. The van der Waals surface area contributed by atoms with Crippen LogP contribution >= 0.6 is 0 Å². The Hall–Kier alpha value is -5.53. The molecule has 5 aliphatic rings. The summed E-state index contributed by atoms with van der Waals surface area (Å²) in [5.41, 5.74) is 2.00. The molecular weight excluding hydrogens is 845 g/mol. The van der Waals surface area contributed by atoms with Crippen molar-refractivity contribution in [1.29, 1.82) is 0 Å². The molecule has 6 heterocycles. The Balaban J connectivity index is 0.000000370. The number of anilines is 1. The van der Waals surface area contributed by atoms with Gasteiger partial charge >= 0.3 is 36.4 Å². The van der Waals surface area contributed by atoms with Crippen LogP contribution in [0.15, 0.2) is 42.6 Å². The van der Waals surface area contributed by atoms with E-state index in [0.29, 0.717) is 42.5 Å². The van der Waals surface area contributed by atoms with Crippen molar-refractivity contribution in [3.05, 3.63) is 54.0 Å². The zero-order valence-corrected chi connectivity index (χ0v) is 34.7. The predicted octanol–water partition coefficient (Wildman–Crippen LogP) is 8.72. The third kappa shape index (κ3) is 9.84. The summed E-state index contributed by atoms with van der Waals surface area (Å²) < 4.78 is 92.8. The molecule has 4 saturated heterocycles. The second kappa shape index (κ2) is 17.2. The van der Waals surface area contributed by atoms with Crippen LogP contribution in [0.4, 0.5) is 41.3 Å². The van der Waals surface area contributed by atoms with E-state index < -0.39 is 35.7 Å². The maximum Gasteiger partial charge on any atom is 0.490 e. The number of carbonyl (C=O) groups is 3. The largest absolute Gasteiger partial charge is 0.490 e. The minimum Gasteiger partial charge on any atom is -0.475 e. The van der Waals surface area contributed by atoms with Gasteiger partial charge in [0.05, 0.1) is 23.0 Å². The van der Waals surface area contributed by atoms with Crippen molar-refractivity contribution >= 4 is 45.5 Å². The zero-order chi connectivity index (χ0) is 45.6. The molecule has 0 radical (unpaired) electrons. The first-order chi connectivity index (χ1) is 29.6. The van der Waals surface area contributed by atoms with E-state index in [1.807, 2.05) is 37.8 Å². The summed E-state index contributed by atoms with van der Waals surface area (Å²) in [7, 11) is 0. The highest BCUT2D eigenvalue weighted by Crippen LogP contribution is 2.46. The molecule has 20 heteroatoms. The first-order valence-electron chi connectivity index (χ1n) is 20.7. The molecule has 340 valence electrons. The maximum atomic E-state index is 17.1. The van der Waals surface area contributed by atoms with E-state index in [2.05, 4.69) is 34.1 Å². The second-order valence-electron chi connectivity index (χ2n) is 17.5. The quantitative estimate of drug-likeness (QED) is 0.178. The molecular formula is C43H47F7N6O7. The Morgan fingerprint density at radius 1 is 0.841 bits per heavy atom. The molecule has 2 aromatic heterocycles. The third-order valence-corrected chi connectivity index (χ3v) is 12.0. The Labute approximate surface area is 357 Å². The van der Waals surface area contributed by atoms with Crippen LogP contribution in [0.25, 0.3) is 32.9 Å². The number of hydrogen-bond acceptors (Lipinski definition) is 10. The molecule has 2 aromatic carbocycles. The second-order valence-corrected chi connectivity index (χ2v) is 17.5. The topological polar surface area (TPSA) is 159 Å². The van der Waals surface area contributed by atoms with Gasteiger partial charge in [0.2, 0.25) is 0 Å². The van der Waals surface area contributed by atoms with E-state index in [0.717, 1.165) is 80.8 Å². The predicted molar refractivity (Wildman–Crippen MR) is 215 cm³/mol. The van der Waals surface area contributed by atoms with Crippen molar-refractivity contribution in [3.63, 3.8) is 0 Å². The average Bonchev–Trinajstić information content (AvgIpc) is 3.77. The number of pyridine rings is 1. The van der Waals surface area contributed by atoms with Crippen molar-refractivity contribution in [2.45, 2.75) is 114 Å². The number of ether oxygens (including phenoxy) is 2. The monoisotopic (exact) mass is 892 g/mol. The summed E-state index contributed by atoms with van der Waals surface area (Å²) in [5, 5.41) is 17.0. The van der Waals surface area contributed by atoms with Gasteiger partial charge in [-0.1, -0.05) is 36.4 Å². The lowest BCUT2D eigenvalue weighted by molar-refractivity contribution is -0.193. The molecule has 63 heavy (non-hydrogen) atoms. The molecule has 13 nitrogen and oxygen atoms in total. The van der Waals surface area contributed by atoms with E-state index in [1.54, 1.807) is 6.20 Å². The molecule has 2 bridgehead atoms. The van der Waals surface area contributed by atoms with Crippen LogP contribution in [0, 0.1) is 5.82 Å². The van der Waals surface area contributed by atoms with Gasteiger partial charge in [0, 0.05) is 24.8 Å². The summed E-state index contributed by atoms with van der Waals surface area (Å²) in [6, 6.07) is 12.6. The Bertz CT molecular complexity index is 2330. The highest BCUT2D eigenvalue weighted by Gasteiger charge is 2.47. The number of piperazine rings is 1. The lowest BCUT2D eigenvalue weighted by Gasteiger charge is -2.42. The normalized spacial score (nSPS) is 20.7. The van der Waals surface area contributed by atoms with Gasteiger partial charge in [-0.05, 0) is 107 Å². The molecule has 2 atom stereocenters. The fourth-order valence-electron chi connectivity index (χ4n) is 9.17. The standard InChI is InChI=1S/C39H45FN6O3.2C2HF3O2/c1-38(2,3)49-37(47)46-26-14-15-27(46)22-44(21-26)35-30-20-41-33(29-11-5-9-25-8-4-10-28(31(25)29)24-12-13-24)32(40)34(30)42-36(43-35)48-23-39-16-6-18-45(39)19-7-17-39;2*3-2(4,5)1(6)7/h4-5,8-11,20,24,26-27H,6-7,12-19,21-23H2,1-3H3;2*(H,6,7)/t26-,27+;;. The minimum absolute atomic E-state index is 0.000738. The number of benzene rings is 2. The maximum absolute atomic E-state index is 17.1. The Kier molecular flexibility index (Phi) is 12.4. The van der Waals surface area contributed by atoms with E-state index in [1.165, 1.54) is 5.56 Å². The van der Waals surface area contributed by atoms with Crippen molar-refractivity contribution < 1.29 is 64.8 Å². The van der Waals surface area contributed by atoms with Gasteiger partial charge in [0.1, 0.15) is 29.2 Å². The van der Waals surface area contributed by atoms with Gasteiger partial charge in [-0.3, -0.25) is 14.8 Å². The Morgan fingerprint density at radius 3 is 1.95 bits per heavy atom. The third-order valence-electron chi connectivity index (χ3n) is 12.0. The van der Waals surface area contributed by atoms with E-state index in [4.69, 9.17) is 44.2 Å². The molecule has 1 saturated carbocycles. The minimum atomic E-state index is -5.08. The zero-order valence-electron chi connectivity index (χ0n) is 34.7. The highest BCUT2D eigenvalue weighted by molar-refractivity contribution is 6.01. The average molecular weight is 893 g/mol. The van der Waals surface area contributed by atoms with Gasteiger partial charge in [-0.2, -0.15) is 36.3 Å². The SMILES string of the molecule is CC(C)(C)OC(=O)N1[C@@H]2CC[C@H]1CN(c1nc(OCC34CCCN3CCC4)nc3c(F)c(-c4cccc5cccc(C6CC6)c45)ncc13)C2.O=C(O)C(F)(F)F.O=C(O)C(F)(F)F. The van der Waals surface area contributed by atoms with Gasteiger partial charge in [0.15, 0.2) is 5.82 Å². The molecule has 5 fully saturated rings. The van der Waals surface area contributed by atoms with Crippen molar-refractivity contribution in [2.24, 2.45) is 0 Å². The molecule has 9 rings (SSSR count). The van der Waals surface area contributed by atoms with Gasteiger partial charge in [-0.15, -0.1) is 0 Å². The molecule has 1 amide bonds. The van der Waals surface area contributed by atoms with Crippen molar-refractivity contribution in [2.75, 3.05) is 37.7 Å². The van der Waals surface area contributed by atoms with Crippen LogP contribution in [0.2, 0.25) is 0 Å². The van der Waals surface area contributed by atoms with Crippen LogP contribution in [-0.2, 0) is 14.3 Å². The van der Waals surface area contributed by atoms with E-state index in [-0.39, 0.29) is 35.2 Å². The van der Waals surface area contributed by atoms with Crippen LogP contribution < -0.4 is 9.64 Å². The van der Waals surface area contributed by atoms with Gasteiger partial charge < -0.3 is 24.6 Å². The van der Waals surface area contributed by atoms with Crippen LogP contribution in [0.3, 0.4) is 0 Å². The summed E-state index contributed by atoms with van der Waals surface area (Å²) in [6.07, 6.45) is -0.120. The molecule has 0 spiro atoms. The van der Waals surface area contributed by atoms with Crippen LogP contribution in [0.1, 0.15) is 83.6 Å². The van der Waals surface area contributed by atoms with Gasteiger partial charge in [-0.25, -0.2) is 18.8 Å². The van der Waals surface area contributed by atoms with Gasteiger partial charge in [0.25, 0.3) is 0 Å². The number of nitrogens with zero attached hydrogens (tertiary/aromatic N) is 6. The number of aliphatic carboxylic acids is 2. The molecule has 0 unspecified atom stereocenters. The number of carbonyl (C=O) groups excluding carboxylic acids is 1.